The number of carbonyl (C=O) groups is 1. The third-order valence-corrected chi connectivity index (χ3v) is 3.90. The molecule has 0 spiro atoms. The van der Waals surface area contributed by atoms with Crippen molar-refractivity contribution in [3.05, 3.63) is 96.2 Å². The molecule has 0 saturated carbocycles. The minimum absolute atomic E-state index is 0.138. The van der Waals surface area contributed by atoms with Crippen LogP contribution < -0.4 is 0 Å². The molecule has 0 aliphatic heterocycles. The lowest BCUT2D eigenvalue weighted by molar-refractivity contribution is -0.128. The van der Waals surface area contributed by atoms with Gasteiger partial charge >= 0.3 is 0 Å². The van der Waals surface area contributed by atoms with Crippen LogP contribution in [0.15, 0.2) is 83.7 Å². The average molecular weight is 348 g/mol. The molecule has 3 aromatic rings. The number of nitrogens with zero attached hydrogens (tertiary/aromatic N) is 2. The molecule has 0 radical (unpaired) electrons. The number of furan rings is 1. The predicted molar refractivity (Wildman–Crippen MR) is 98.8 cm³/mol. The molecule has 26 heavy (non-hydrogen) atoms. The summed E-state index contributed by atoms with van der Waals surface area (Å²) in [5.41, 5.74) is 1.83. The molecule has 1 unspecified atom stereocenters. The fraction of sp³-hybridized carbons (Fsp3) is 0.143. The molecule has 0 fully saturated rings. The lowest BCUT2D eigenvalue weighted by Gasteiger charge is -2.23. The number of rotatable bonds is 7. The summed E-state index contributed by atoms with van der Waals surface area (Å²) in [6, 6.07) is 16.8. The first-order valence-electron chi connectivity index (χ1n) is 8.35. The second kappa shape index (κ2) is 8.78. The molecule has 2 aromatic heterocycles. The Morgan fingerprint density at radius 3 is 2.69 bits per heavy atom. The molecule has 5 heteroatoms. The number of amides is 1. The molecule has 0 saturated heterocycles. The van der Waals surface area contributed by atoms with Crippen LogP contribution in [0, 0.1) is 0 Å². The van der Waals surface area contributed by atoms with Gasteiger partial charge in [0.05, 0.1) is 12.8 Å². The highest BCUT2D eigenvalue weighted by Crippen LogP contribution is 2.17. The zero-order chi connectivity index (χ0) is 18.2. The van der Waals surface area contributed by atoms with Gasteiger partial charge in [-0.2, -0.15) is 0 Å². The quantitative estimate of drug-likeness (QED) is 0.664. The van der Waals surface area contributed by atoms with E-state index in [9.17, 15) is 9.90 Å². The summed E-state index contributed by atoms with van der Waals surface area (Å²) in [6.07, 6.45) is 7.19. The Morgan fingerprint density at radius 1 is 1.15 bits per heavy atom. The van der Waals surface area contributed by atoms with E-state index in [0.29, 0.717) is 12.3 Å². The monoisotopic (exact) mass is 348 g/mol. The Morgan fingerprint density at radius 2 is 2.00 bits per heavy atom. The SMILES string of the molecule is O=C(C=Cc1cccnc1)N(Cc1ccccc1)CC(O)c1ccco1. The lowest BCUT2D eigenvalue weighted by atomic mass is 10.2. The van der Waals surface area contributed by atoms with E-state index >= 15 is 0 Å². The molecule has 0 aliphatic rings. The van der Waals surface area contributed by atoms with Crippen LogP contribution in [0.1, 0.15) is 23.0 Å². The van der Waals surface area contributed by atoms with Crippen molar-refractivity contribution < 1.29 is 14.3 Å². The topological polar surface area (TPSA) is 66.6 Å². The van der Waals surface area contributed by atoms with Crippen molar-refractivity contribution in [3.63, 3.8) is 0 Å². The van der Waals surface area contributed by atoms with Crippen LogP contribution in [-0.4, -0.2) is 27.4 Å². The van der Waals surface area contributed by atoms with E-state index in [1.54, 1.807) is 35.5 Å². The standard InChI is InChI=1S/C21H20N2O3/c24-19(20-9-5-13-26-20)16-23(15-18-6-2-1-3-7-18)21(25)11-10-17-8-4-12-22-14-17/h1-14,19,24H,15-16H2. The van der Waals surface area contributed by atoms with Crippen molar-refractivity contribution in [3.8, 4) is 0 Å². The van der Waals surface area contributed by atoms with E-state index in [-0.39, 0.29) is 12.5 Å². The van der Waals surface area contributed by atoms with Gasteiger partial charge in [0, 0.05) is 25.0 Å². The van der Waals surface area contributed by atoms with Gasteiger partial charge in [-0.1, -0.05) is 36.4 Å². The zero-order valence-corrected chi connectivity index (χ0v) is 14.2. The van der Waals surface area contributed by atoms with Crippen molar-refractivity contribution in [1.82, 2.24) is 9.88 Å². The minimum atomic E-state index is -0.885. The van der Waals surface area contributed by atoms with Crippen molar-refractivity contribution in [1.29, 1.82) is 0 Å². The van der Waals surface area contributed by atoms with Crippen molar-refractivity contribution in [2.24, 2.45) is 0 Å². The number of aromatic nitrogens is 1. The summed E-state index contributed by atoms with van der Waals surface area (Å²) in [5, 5.41) is 10.4. The molecule has 1 atom stereocenters. The normalized spacial score (nSPS) is 12.2. The maximum absolute atomic E-state index is 12.7. The molecule has 1 aromatic carbocycles. The van der Waals surface area contributed by atoms with Gasteiger partial charge in [-0.15, -0.1) is 0 Å². The van der Waals surface area contributed by atoms with E-state index < -0.39 is 6.10 Å². The lowest BCUT2D eigenvalue weighted by Crippen LogP contribution is -2.33. The second-order valence-electron chi connectivity index (χ2n) is 5.86. The molecular weight excluding hydrogens is 328 g/mol. The maximum Gasteiger partial charge on any atom is 0.246 e. The summed E-state index contributed by atoms with van der Waals surface area (Å²) in [4.78, 5) is 18.3. The van der Waals surface area contributed by atoms with Gasteiger partial charge < -0.3 is 14.4 Å². The largest absolute Gasteiger partial charge is 0.467 e. The number of aliphatic hydroxyl groups excluding tert-OH is 1. The Hall–Kier alpha value is -3.18. The maximum atomic E-state index is 12.7. The first-order valence-corrected chi connectivity index (χ1v) is 8.35. The third-order valence-electron chi connectivity index (χ3n) is 3.90. The van der Waals surface area contributed by atoms with Crippen LogP contribution in [0.4, 0.5) is 0 Å². The van der Waals surface area contributed by atoms with Crippen molar-refractivity contribution in [2.75, 3.05) is 6.54 Å². The number of carbonyl (C=O) groups excluding carboxylic acids is 1. The molecule has 1 amide bonds. The van der Waals surface area contributed by atoms with Crippen LogP contribution in [0.3, 0.4) is 0 Å². The van der Waals surface area contributed by atoms with E-state index in [1.165, 1.54) is 12.3 Å². The molecule has 2 heterocycles. The van der Waals surface area contributed by atoms with Crippen molar-refractivity contribution in [2.45, 2.75) is 12.6 Å². The number of hydrogen-bond acceptors (Lipinski definition) is 4. The van der Waals surface area contributed by atoms with Crippen LogP contribution in [-0.2, 0) is 11.3 Å². The molecular formula is C21H20N2O3. The van der Waals surface area contributed by atoms with Crippen molar-refractivity contribution >= 4 is 12.0 Å². The summed E-state index contributed by atoms with van der Waals surface area (Å²) in [7, 11) is 0. The smallest absolute Gasteiger partial charge is 0.246 e. The zero-order valence-electron chi connectivity index (χ0n) is 14.2. The van der Waals surface area contributed by atoms with Gasteiger partial charge in [0.1, 0.15) is 11.9 Å². The van der Waals surface area contributed by atoms with Crippen LogP contribution in [0.2, 0.25) is 0 Å². The number of benzene rings is 1. The molecule has 132 valence electrons. The minimum Gasteiger partial charge on any atom is -0.467 e. The number of aliphatic hydroxyl groups is 1. The highest BCUT2D eigenvalue weighted by atomic mass is 16.4. The van der Waals surface area contributed by atoms with E-state index in [2.05, 4.69) is 4.98 Å². The fourth-order valence-electron chi connectivity index (χ4n) is 2.56. The third kappa shape index (κ3) is 4.91. The van der Waals surface area contributed by atoms with Gasteiger partial charge in [-0.25, -0.2) is 0 Å². The number of hydrogen-bond donors (Lipinski definition) is 1. The predicted octanol–water partition coefficient (Wildman–Crippen LogP) is 3.45. The molecule has 5 nitrogen and oxygen atoms in total. The van der Waals surface area contributed by atoms with Gasteiger partial charge in [-0.3, -0.25) is 9.78 Å². The summed E-state index contributed by atoms with van der Waals surface area (Å²) in [5.74, 6) is 0.246. The summed E-state index contributed by atoms with van der Waals surface area (Å²) in [6.45, 7) is 0.535. The van der Waals surface area contributed by atoms with Crippen LogP contribution >= 0.6 is 0 Å². The van der Waals surface area contributed by atoms with E-state index in [4.69, 9.17) is 4.42 Å². The first-order chi connectivity index (χ1) is 12.7. The van der Waals surface area contributed by atoms with Crippen LogP contribution in [0.25, 0.3) is 6.08 Å². The molecule has 0 bridgehead atoms. The van der Waals surface area contributed by atoms with Gasteiger partial charge in [-0.05, 0) is 35.4 Å². The van der Waals surface area contributed by atoms with E-state index in [0.717, 1.165) is 11.1 Å². The Kier molecular flexibility index (Phi) is 5.96. The summed E-state index contributed by atoms with van der Waals surface area (Å²) >= 11 is 0. The van der Waals surface area contributed by atoms with Gasteiger partial charge in [0.25, 0.3) is 0 Å². The van der Waals surface area contributed by atoms with E-state index in [1.807, 2.05) is 42.5 Å². The van der Waals surface area contributed by atoms with Gasteiger partial charge in [0.2, 0.25) is 5.91 Å². The second-order valence-corrected chi connectivity index (χ2v) is 5.86. The van der Waals surface area contributed by atoms with Gasteiger partial charge in [0.15, 0.2) is 0 Å². The average Bonchev–Trinajstić information content (AvgIpc) is 3.22. The molecule has 1 N–H and O–H groups in total. The highest BCUT2D eigenvalue weighted by molar-refractivity contribution is 5.91. The fourth-order valence-corrected chi connectivity index (χ4v) is 2.56. The number of pyridine rings is 1. The van der Waals surface area contributed by atoms with Crippen LogP contribution in [0.5, 0.6) is 0 Å². The highest BCUT2D eigenvalue weighted by Gasteiger charge is 2.19. The Bertz CT molecular complexity index is 830. The molecule has 3 rings (SSSR count). The first kappa shape index (κ1) is 17.6. The Labute approximate surface area is 152 Å². The molecule has 0 aliphatic carbocycles. The summed E-state index contributed by atoms with van der Waals surface area (Å²) < 4.78 is 5.24. The Balaban J connectivity index is 1.75.